The quantitative estimate of drug-likeness (QED) is 0.839. The molecule has 0 radical (unpaired) electrons. The molecule has 7 heteroatoms. The van der Waals surface area contributed by atoms with Gasteiger partial charge < -0.3 is 0 Å². The summed E-state index contributed by atoms with van der Waals surface area (Å²) in [7, 11) is 1.59. The van der Waals surface area contributed by atoms with Crippen LogP contribution >= 0.6 is 0 Å². The van der Waals surface area contributed by atoms with Crippen molar-refractivity contribution in [2.75, 3.05) is 5.32 Å². The molecule has 0 aliphatic heterocycles. The average molecular weight is 235 g/mol. The minimum absolute atomic E-state index is 0.111. The van der Waals surface area contributed by atoms with Gasteiger partial charge in [0.05, 0.1) is 7.05 Å². The Morgan fingerprint density at radius 3 is 2.82 bits per heavy atom. The van der Waals surface area contributed by atoms with E-state index in [1.165, 1.54) is 23.0 Å². The molecule has 17 heavy (non-hydrogen) atoms. The van der Waals surface area contributed by atoms with E-state index in [4.69, 9.17) is 0 Å². The predicted molar refractivity (Wildman–Crippen MR) is 57.9 cm³/mol. The van der Waals surface area contributed by atoms with E-state index < -0.39 is 5.91 Å². The first-order chi connectivity index (χ1) is 8.06. The van der Waals surface area contributed by atoms with Crippen LogP contribution in [0.3, 0.4) is 0 Å². The third kappa shape index (κ3) is 2.44. The van der Waals surface area contributed by atoms with Crippen LogP contribution in [-0.2, 0) is 7.05 Å². The van der Waals surface area contributed by atoms with E-state index in [0.29, 0.717) is 11.1 Å². The normalized spacial score (nSPS) is 10.3. The molecule has 0 saturated heterocycles. The third-order valence-corrected chi connectivity index (χ3v) is 2.15. The van der Waals surface area contributed by atoms with Gasteiger partial charge in [0.15, 0.2) is 0 Å². The highest BCUT2D eigenvalue weighted by atomic mass is 19.1. The molecule has 0 aliphatic rings. The van der Waals surface area contributed by atoms with Gasteiger partial charge in [-0.25, -0.2) is 4.39 Å². The lowest BCUT2D eigenvalue weighted by molar-refractivity contribution is 0.102. The monoisotopic (exact) mass is 235 g/mol. The zero-order valence-electron chi connectivity index (χ0n) is 9.31. The number of tetrazole rings is 1. The molecule has 0 fully saturated rings. The molecule has 0 spiro atoms. The van der Waals surface area contributed by atoms with Crippen LogP contribution in [0.5, 0.6) is 0 Å². The summed E-state index contributed by atoms with van der Waals surface area (Å²) in [5, 5.41) is 13.5. The smallest absolute Gasteiger partial charge is 0.270 e. The number of nitrogens with one attached hydrogen (secondary N) is 1. The van der Waals surface area contributed by atoms with Crippen molar-refractivity contribution < 1.29 is 9.18 Å². The van der Waals surface area contributed by atoms with E-state index in [9.17, 15) is 9.18 Å². The van der Waals surface area contributed by atoms with Crippen molar-refractivity contribution in [3.63, 3.8) is 0 Å². The summed E-state index contributed by atoms with van der Waals surface area (Å²) in [6.07, 6.45) is 0. The van der Waals surface area contributed by atoms with Gasteiger partial charge in [0.1, 0.15) is 5.82 Å². The highest BCUT2D eigenvalue weighted by Crippen LogP contribution is 2.10. The van der Waals surface area contributed by atoms with Crippen LogP contribution in [0, 0.1) is 12.7 Å². The van der Waals surface area contributed by atoms with Gasteiger partial charge >= 0.3 is 0 Å². The lowest BCUT2D eigenvalue weighted by Gasteiger charge is -2.02. The molecular weight excluding hydrogens is 225 g/mol. The van der Waals surface area contributed by atoms with Gasteiger partial charge in [0.2, 0.25) is 0 Å². The maximum Gasteiger partial charge on any atom is 0.270 e. The number of hydrogen-bond donors (Lipinski definition) is 1. The molecule has 0 aliphatic carbocycles. The van der Waals surface area contributed by atoms with Crippen molar-refractivity contribution in [1.29, 1.82) is 0 Å². The summed E-state index contributed by atoms with van der Waals surface area (Å²) in [5.41, 5.74) is 0.751. The van der Waals surface area contributed by atoms with Crippen molar-refractivity contribution >= 4 is 11.9 Å². The molecule has 88 valence electrons. The van der Waals surface area contributed by atoms with Gasteiger partial charge in [-0.15, -0.1) is 5.10 Å². The number of nitrogens with zero attached hydrogens (tertiary/aromatic N) is 4. The van der Waals surface area contributed by atoms with Crippen LogP contribution in [-0.4, -0.2) is 26.1 Å². The second-order valence-electron chi connectivity index (χ2n) is 3.52. The summed E-state index contributed by atoms with van der Waals surface area (Å²) in [6.45, 7) is 1.59. The summed E-state index contributed by atoms with van der Waals surface area (Å²) in [5.74, 6) is -0.639. The highest BCUT2D eigenvalue weighted by Gasteiger charge is 2.10. The summed E-state index contributed by atoms with van der Waals surface area (Å²) >= 11 is 0. The number of aromatic nitrogens is 4. The molecule has 2 rings (SSSR count). The zero-order chi connectivity index (χ0) is 12.4. The Bertz CT molecular complexity index is 566. The van der Waals surface area contributed by atoms with Gasteiger partial charge in [-0.05, 0) is 35.9 Å². The molecule has 0 bridgehead atoms. The number of carbonyl (C=O) groups is 1. The van der Waals surface area contributed by atoms with Gasteiger partial charge in [0, 0.05) is 5.56 Å². The minimum Gasteiger partial charge on any atom is -0.288 e. The van der Waals surface area contributed by atoms with Crippen molar-refractivity contribution in [3.8, 4) is 0 Å². The van der Waals surface area contributed by atoms with Crippen LogP contribution in [0.25, 0.3) is 0 Å². The maximum absolute atomic E-state index is 13.0. The first-order valence-corrected chi connectivity index (χ1v) is 4.88. The van der Waals surface area contributed by atoms with E-state index >= 15 is 0 Å². The van der Waals surface area contributed by atoms with Gasteiger partial charge in [0.25, 0.3) is 11.9 Å². The second kappa shape index (κ2) is 4.28. The van der Waals surface area contributed by atoms with Crippen LogP contribution < -0.4 is 5.32 Å². The van der Waals surface area contributed by atoms with Gasteiger partial charge in [-0.1, -0.05) is 5.10 Å². The van der Waals surface area contributed by atoms with Gasteiger partial charge in [-0.3, -0.25) is 10.1 Å². The predicted octanol–water partition coefficient (Wildman–Crippen LogP) is 0.910. The lowest BCUT2D eigenvalue weighted by atomic mass is 10.1. The van der Waals surface area contributed by atoms with Crippen molar-refractivity contribution in [2.45, 2.75) is 6.92 Å². The minimum atomic E-state index is -0.402. The van der Waals surface area contributed by atoms with Crippen LogP contribution in [0.4, 0.5) is 10.3 Å². The number of aryl methyl sites for hydroxylation is 2. The van der Waals surface area contributed by atoms with E-state index in [1.54, 1.807) is 14.0 Å². The third-order valence-electron chi connectivity index (χ3n) is 2.15. The summed E-state index contributed by atoms with van der Waals surface area (Å²) < 4.78 is 13.0. The number of carbonyl (C=O) groups excluding carboxylic acids is 1. The van der Waals surface area contributed by atoms with E-state index in [2.05, 4.69) is 20.7 Å². The Morgan fingerprint density at radius 1 is 1.47 bits per heavy atom. The highest BCUT2D eigenvalue weighted by molar-refractivity contribution is 6.03. The first kappa shape index (κ1) is 11.2. The van der Waals surface area contributed by atoms with E-state index in [0.717, 1.165) is 0 Å². The SMILES string of the molecule is Cc1cc(C(=O)Nc2nnn(C)n2)ccc1F. The van der Waals surface area contributed by atoms with Gasteiger partial charge in [-0.2, -0.15) is 4.80 Å². The van der Waals surface area contributed by atoms with Crippen LogP contribution in [0.1, 0.15) is 15.9 Å². The molecular formula is C10H10FN5O. The van der Waals surface area contributed by atoms with E-state index in [-0.39, 0.29) is 11.8 Å². The lowest BCUT2D eigenvalue weighted by Crippen LogP contribution is -2.13. The average Bonchev–Trinajstić information content (AvgIpc) is 2.68. The Labute approximate surface area is 96.4 Å². The Hall–Kier alpha value is -2.31. The summed E-state index contributed by atoms with van der Waals surface area (Å²) in [6, 6.07) is 4.10. The number of amides is 1. The molecule has 6 nitrogen and oxygen atoms in total. The number of benzene rings is 1. The molecule has 0 saturated carbocycles. The topological polar surface area (TPSA) is 72.7 Å². The Kier molecular flexibility index (Phi) is 2.82. The van der Waals surface area contributed by atoms with Crippen molar-refractivity contribution in [2.24, 2.45) is 7.05 Å². The fraction of sp³-hybridized carbons (Fsp3) is 0.200. The van der Waals surface area contributed by atoms with Crippen LogP contribution in [0.15, 0.2) is 18.2 Å². The maximum atomic E-state index is 13.0. The number of anilines is 1. The largest absolute Gasteiger partial charge is 0.288 e. The fourth-order valence-electron chi connectivity index (χ4n) is 1.29. The standard InChI is InChI=1S/C10H10FN5O/c1-6-5-7(3-4-8(6)11)9(17)12-10-13-15-16(2)14-10/h3-5H,1-2H3,(H,12,14,17). The molecule has 1 heterocycles. The molecule has 0 unspecified atom stereocenters. The molecule has 0 atom stereocenters. The van der Waals surface area contributed by atoms with E-state index in [1.807, 2.05) is 0 Å². The van der Waals surface area contributed by atoms with Crippen molar-refractivity contribution in [1.82, 2.24) is 20.2 Å². The van der Waals surface area contributed by atoms with Crippen molar-refractivity contribution in [3.05, 3.63) is 35.1 Å². The molecule has 1 aromatic carbocycles. The van der Waals surface area contributed by atoms with Crippen LogP contribution in [0.2, 0.25) is 0 Å². The fourth-order valence-corrected chi connectivity index (χ4v) is 1.29. The molecule has 1 N–H and O–H groups in total. The number of halogens is 1. The Balaban J connectivity index is 2.17. The molecule has 2 aromatic rings. The zero-order valence-corrected chi connectivity index (χ0v) is 9.31. The summed E-state index contributed by atoms with van der Waals surface area (Å²) in [4.78, 5) is 13.0. The molecule has 1 amide bonds. The number of rotatable bonds is 2. The molecule has 1 aromatic heterocycles. The first-order valence-electron chi connectivity index (χ1n) is 4.88. The second-order valence-corrected chi connectivity index (χ2v) is 3.52. The Morgan fingerprint density at radius 2 is 2.24 bits per heavy atom. The number of hydrogen-bond acceptors (Lipinski definition) is 4.